The van der Waals surface area contributed by atoms with Crippen LogP contribution in [0.5, 0.6) is 0 Å². The molecule has 1 unspecified atom stereocenters. The van der Waals surface area contributed by atoms with Crippen LogP contribution < -0.4 is 0 Å². The van der Waals surface area contributed by atoms with E-state index in [1.165, 1.54) is 225 Å². The minimum absolute atomic E-state index is 0.0719. The summed E-state index contributed by atoms with van der Waals surface area (Å²) in [4.78, 5) is 38.2. The summed E-state index contributed by atoms with van der Waals surface area (Å²) in [5.74, 6) is -0.862. The number of unbranched alkanes of at least 4 members (excludes halogenated alkanes) is 40. The molecule has 0 saturated heterocycles. The van der Waals surface area contributed by atoms with E-state index in [9.17, 15) is 14.4 Å². The van der Waals surface area contributed by atoms with Crippen molar-refractivity contribution in [2.45, 2.75) is 341 Å². The third-order valence-corrected chi connectivity index (χ3v) is 13.9. The molecule has 0 rings (SSSR count). The Bertz CT molecular complexity index is 1170. The fourth-order valence-corrected chi connectivity index (χ4v) is 9.18. The van der Waals surface area contributed by atoms with Crippen LogP contribution in [0.2, 0.25) is 0 Å². The van der Waals surface area contributed by atoms with Crippen molar-refractivity contribution in [3.63, 3.8) is 0 Å². The van der Waals surface area contributed by atoms with E-state index in [0.29, 0.717) is 19.3 Å². The van der Waals surface area contributed by atoms with Crippen molar-refractivity contribution in [2.75, 3.05) is 13.2 Å². The van der Waals surface area contributed by atoms with Gasteiger partial charge in [0.05, 0.1) is 0 Å². The van der Waals surface area contributed by atoms with E-state index in [-0.39, 0.29) is 31.1 Å². The van der Waals surface area contributed by atoms with Gasteiger partial charge in [-0.05, 0) is 77.0 Å². The minimum Gasteiger partial charge on any atom is -0.462 e. The predicted octanol–water partition coefficient (Wildman–Crippen LogP) is 20.8. The molecule has 0 aliphatic heterocycles. The van der Waals surface area contributed by atoms with E-state index in [0.717, 1.165) is 70.6 Å². The van der Waals surface area contributed by atoms with Gasteiger partial charge in [-0.1, -0.05) is 276 Å². The van der Waals surface area contributed by atoms with E-state index in [1.807, 2.05) is 0 Å². The highest BCUT2D eigenvalue weighted by molar-refractivity contribution is 5.71. The van der Waals surface area contributed by atoms with E-state index in [2.05, 4.69) is 57.2 Å². The molecule has 0 aliphatic carbocycles. The van der Waals surface area contributed by atoms with Crippen molar-refractivity contribution >= 4 is 17.9 Å². The largest absolute Gasteiger partial charge is 0.462 e. The summed E-state index contributed by atoms with van der Waals surface area (Å²) in [5.41, 5.74) is 0. The molecular formula is C64H118O6. The summed E-state index contributed by atoms with van der Waals surface area (Å²) >= 11 is 0. The lowest BCUT2D eigenvalue weighted by atomic mass is 10.0. The highest BCUT2D eigenvalue weighted by Crippen LogP contribution is 2.17. The summed E-state index contributed by atoms with van der Waals surface area (Å²) in [6.45, 7) is 6.67. The van der Waals surface area contributed by atoms with Crippen LogP contribution >= 0.6 is 0 Å². The van der Waals surface area contributed by atoms with Crippen LogP contribution in [-0.4, -0.2) is 37.2 Å². The van der Waals surface area contributed by atoms with Crippen LogP contribution in [0.15, 0.2) is 36.5 Å². The molecule has 70 heavy (non-hydrogen) atoms. The first kappa shape index (κ1) is 67.6. The average Bonchev–Trinajstić information content (AvgIpc) is 3.36. The van der Waals surface area contributed by atoms with E-state index < -0.39 is 6.10 Å². The maximum atomic E-state index is 12.9. The molecule has 0 aromatic heterocycles. The van der Waals surface area contributed by atoms with E-state index in [1.54, 1.807) is 0 Å². The van der Waals surface area contributed by atoms with Crippen molar-refractivity contribution in [3.8, 4) is 0 Å². The molecule has 1 atom stereocenters. The third kappa shape index (κ3) is 56.5. The smallest absolute Gasteiger partial charge is 0.306 e. The zero-order chi connectivity index (χ0) is 50.7. The molecule has 6 heteroatoms. The average molecular weight is 984 g/mol. The SMILES string of the molecule is CCCCCCC/C=C\C/C=C\CCCCCCCCCCCCCC(=O)OCC(COC(=O)CCCCCCCCCCCCCCC)OC(=O)CCCCCCC/C=C\CCCCCCCCC. The Kier molecular flexibility index (Phi) is 57.2. The van der Waals surface area contributed by atoms with Gasteiger partial charge >= 0.3 is 17.9 Å². The van der Waals surface area contributed by atoms with Gasteiger partial charge in [-0.2, -0.15) is 0 Å². The highest BCUT2D eigenvalue weighted by atomic mass is 16.6. The highest BCUT2D eigenvalue weighted by Gasteiger charge is 2.19. The Labute approximate surface area is 435 Å². The first-order valence-corrected chi connectivity index (χ1v) is 31.0. The van der Waals surface area contributed by atoms with Crippen LogP contribution in [-0.2, 0) is 28.6 Å². The zero-order valence-corrected chi connectivity index (χ0v) is 47.1. The van der Waals surface area contributed by atoms with Gasteiger partial charge in [0.2, 0.25) is 0 Å². The van der Waals surface area contributed by atoms with Crippen molar-refractivity contribution in [2.24, 2.45) is 0 Å². The van der Waals surface area contributed by atoms with Crippen LogP contribution in [0.4, 0.5) is 0 Å². The lowest BCUT2D eigenvalue weighted by molar-refractivity contribution is -0.167. The molecule has 0 radical (unpaired) electrons. The quantitative estimate of drug-likeness (QED) is 0.0261. The second-order valence-electron chi connectivity index (χ2n) is 21.0. The molecule has 410 valence electrons. The van der Waals surface area contributed by atoms with Crippen molar-refractivity contribution in [3.05, 3.63) is 36.5 Å². The number of hydrogen-bond donors (Lipinski definition) is 0. The number of esters is 3. The normalized spacial score (nSPS) is 12.2. The van der Waals surface area contributed by atoms with Crippen molar-refractivity contribution in [1.29, 1.82) is 0 Å². The number of rotatable bonds is 57. The Morgan fingerprint density at radius 1 is 0.286 bits per heavy atom. The van der Waals surface area contributed by atoms with E-state index >= 15 is 0 Å². The molecule has 0 amide bonds. The molecular weight excluding hydrogens is 865 g/mol. The van der Waals surface area contributed by atoms with Crippen LogP contribution in [0.25, 0.3) is 0 Å². The summed E-state index contributed by atoms with van der Waals surface area (Å²) < 4.78 is 16.9. The van der Waals surface area contributed by atoms with Gasteiger partial charge in [0, 0.05) is 19.3 Å². The number of allylic oxidation sites excluding steroid dienone is 6. The number of hydrogen-bond acceptors (Lipinski definition) is 6. The molecule has 0 aromatic rings. The Balaban J connectivity index is 4.29. The van der Waals surface area contributed by atoms with Gasteiger partial charge in [0.15, 0.2) is 6.10 Å². The second-order valence-corrected chi connectivity index (χ2v) is 21.0. The van der Waals surface area contributed by atoms with Gasteiger partial charge in [-0.25, -0.2) is 0 Å². The van der Waals surface area contributed by atoms with Crippen LogP contribution in [0.3, 0.4) is 0 Å². The topological polar surface area (TPSA) is 78.9 Å². The number of ether oxygens (including phenoxy) is 3. The summed E-state index contributed by atoms with van der Waals surface area (Å²) in [5, 5.41) is 0. The van der Waals surface area contributed by atoms with Crippen LogP contribution in [0.1, 0.15) is 335 Å². The van der Waals surface area contributed by atoms with E-state index in [4.69, 9.17) is 14.2 Å². The number of carbonyl (C=O) groups is 3. The Hall–Kier alpha value is -2.37. The van der Waals surface area contributed by atoms with Gasteiger partial charge in [0.1, 0.15) is 13.2 Å². The van der Waals surface area contributed by atoms with Crippen molar-refractivity contribution < 1.29 is 28.6 Å². The molecule has 0 aromatic carbocycles. The molecule has 0 fully saturated rings. The molecule has 0 heterocycles. The summed E-state index contributed by atoms with van der Waals surface area (Å²) in [6.07, 6.45) is 71.4. The predicted molar refractivity (Wildman–Crippen MR) is 302 cm³/mol. The van der Waals surface area contributed by atoms with Gasteiger partial charge in [0.25, 0.3) is 0 Å². The fraction of sp³-hybridized carbons (Fsp3) is 0.859. The first-order valence-electron chi connectivity index (χ1n) is 31.0. The van der Waals surface area contributed by atoms with Crippen molar-refractivity contribution in [1.82, 2.24) is 0 Å². The molecule has 0 saturated carbocycles. The Morgan fingerprint density at radius 2 is 0.514 bits per heavy atom. The fourth-order valence-electron chi connectivity index (χ4n) is 9.18. The van der Waals surface area contributed by atoms with Gasteiger partial charge < -0.3 is 14.2 Å². The minimum atomic E-state index is -0.774. The lowest BCUT2D eigenvalue weighted by Crippen LogP contribution is -2.30. The van der Waals surface area contributed by atoms with Gasteiger partial charge in [-0.15, -0.1) is 0 Å². The first-order chi connectivity index (χ1) is 34.5. The maximum Gasteiger partial charge on any atom is 0.306 e. The molecule has 0 aliphatic rings. The van der Waals surface area contributed by atoms with Crippen LogP contribution in [0, 0.1) is 0 Å². The third-order valence-electron chi connectivity index (χ3n) is 13.9. The lowest BCUT2D eigenvalue weighted by Gasteiger charge is -2.18. The summed E-state index contributed by atoms with van der Waals surface area (Å²) in [6, 6.07) is 0. The monoisotopic (exact) mass is 983 g/mol. The second kappa shape index (κ2) is 59.2. The Morgan fingerprint density at radius 3 is 0.800 bits per heavy atom. The molecule has 0 bridgehead atoms. The number of carbonyl (C=O) groups excluding carboxylic acids is 3. The molecule has 0 N–H and O–H groups in total. The van der Waals surface area contributed by atoms with Gasteiger partial charge in [-0.3, -0.25) is 14.4 Å². The maximum absolute atomic E-state index is 12.9. The zero-order valence-electron chi connectivity index (χ0n) is 47.1. The standard InChI is InChI=1S/C64H118O6/c1-4-7-10-13-16-19-22-25-27-29-30-31-32-33-34-35-37-39-42-45-48-51-54-57-63(66)69-60-61(59-68-62(65)56-53-50-47-44-41-38-24-21-18-15-12-9-6-3)70-64(67)58-55-52-49-46-43-40-36-28-26-23-20-17-14-11-8-5-2/h22,25,28-30,36,61H,4-21,23-24,26-27,31-35,37-60H2,1-3H3/b25-22-,30-29-,36-28-. The molecule has 6 nitrogen and oxygen atoms in total. The molecule has 0 spiro atoms. The summed E-state index contributed by atoms with van der Waals surface area (Å²) in [7, 11) is 0.